The van der Waals surface area contributed by atoms with Gasteiger partial charge in [-0.3, -0.25) is 0 Å². The van der Waals surface area contributed by atoms with Crippen LogP contribution in [-0.2, 0) is 9.47 Å². The lowest BCUT2D eigenvalue weighted by atomic mass is 9.94. The SMILES string of the molecule is CC(C)=CCC/C(C)=C/CC/C(C)=C/CC/C=C(\C)CCC1OC1(C)CCC1OC1(C)C. The maximum Gasteiger partial charge on any atom is 0.0921 e. The third-order valence-corrected chi connectivity index (χ3v) is 7.18. The molecule has 3 atom stereocenters. The molecule has 2 heterocycles. The smallest absolute Gasteiger partial charge is 0.0921 e. The van der Waals surface area contributed by atoms with E-state index in [0.717, 1.165) is 38.5 Å². The first-order chi connectivity index (χ1) is 15.0. The fourth-order valence-corrected chi connectivity index (χ4v) is 4.49. The molecule has 2 saturated heterocycles. The minimum Gasteiger partial charge on any atom is -0.367 e. The summed E-state index contributed by atoms with van der Waals surface area (Å²) in [6, 6.07) is 0. The number of allylic oxidation sites excluding steroid dienone is 8. The fraction of sp³-hybridized carbons (Fsp3) is 0.733. The zero-order valence-corrected chi connectivity index (χ0v) is 22.4. The van der Waals surface area contributed by atoms with Crippen LogP contribution < -0.4 is 0 Å². The van der Waals surface area contributed by atoms with E-state index in [4.69, 9.17) is 9.47 Å². The number of ether oxygens (including phenoxy) is 2. The van der Waals surface area contributed by atoms with Crippen LogP contribution in [0.3, 0.4) is 0 Å². The molecule has 32 heavy (non-hydrogen) atoms. The van der Waals surface area contributed by atoms with Crippen LogP contribution in [0.15, 0.2) is 46.6 Å². The first-order valence-corrected chi connectivity index (χ1v) is 13.0. The fourth-order valence-electron chi connectivity index (χ4n) is 4.49. The summed E-state index contributed by atoms with van der Waals surface area (Å²) in [6.07, 6.45) is 22.1. The summed E-state index contributed by atoms with van der Waals surface area (Å²) in [4.78, 5) is 0. The number of epoxide rings is 2. The molecule has 2 aliphatic heterocycles. The molecule has 0 saturated carbocycles. The van der Waals surface area contributed by atoms with Crippen LogP contribution in [0.2, 0.25) is 0 Å². The minimum atomic E-state index is 0.0978. The van der Waals surface area contributed by atoms with Gasteiger partial charge in [-0.05, 0) is 120 Å². The predicted molar refractivity (Wildman–Crippen MR) is 139 cm³/mol. The molecule has 2 nitrogen and oxygen atoms in total. The normalized spacial score (nSPS) is 27.4. The number of rotatable bonds is 15. The van der Waals surface area contributed by atoms with Crippen molar-refractivity contribution in [2.45, 2.75) is 143 Å². The van der Waals surface area contributed by atoms with Crippen molar-refractivity contribution in [2.75, 3.05) is 0 Å². The summed E-state index contributed by atoms with van der Waals surface area (Å²) in [5, 5.41) is 0. The van der Waals surface area contributed by atoms with E-state index in [1.807, 2.05) is 0 Å². The highest BCUT2D eigenvalue weighted by molar-refractivity contribution is 5.08. The maximum atomic E-state index is 6.04. The van der Waals surface area contributed by atoms with E-state index in [1.54, 1.807) is 0 Å². The molecule has 0 aromatic heterocycles. The zero-order chi connectivity index (χ0) is 23.8. The van der Waals surface area contributed by atoms with E-state index < -0.39 is 0 Å². The van der Waals surface area contributed by atoms with E-state index in [9.17, 15) is 0 Å². The molecule has 0 aliphatic carbocycles. The second kappa shape index (κ2) is 12.4. The van der Waals surface area contributed by atoms with Gasteiger partial charge in [-0.25, -0.2) is 0 Å². The van der Waals surface area contributed by atoms with E-state index in [0.29, 0.717) is 12.2 Å². The highest BCUT2D eigenvalue weighted by atomic mass is 16.6. The van der Waals surface area contributed by atoms with Crippen LogP contribution >= 0.6 is 0 Å². The van der Waals surface area contributed by atoms with Gasteiger partial charge >= 0.3 is 0 Å². The monoisotopic (exact) mass is 442 g/mol. The number of hydrogen-bond acceptors (Lipinski definition) is 2. The topological polar surface area (TPSA) is 25.1 Å². The Labute approximate surface area is 199 Å². The van der Waals surface area contributed by atoms with Crippen molar-refractivity contribution in [3.05, 3.63) is 46.6 Å². The zero-order valence-electron chi connectivity index (χ0n) is 22.4. The predicted octanol–water partition coefficient (Wildman–Crippen LogP) is 9.03. The Hall–Kier alpha value is -1.12. The van der Waals surface area contributed by atoms with Crippen molar-refractivity contribution >= 4 is 0 Å². The van der Waals surface area contributed by atoms with Gasteiger partial charge in [0.2, 0.25) is 0 Å². The number of hydrogen-bond donors (Lipinski definition) is 0. The van der Waals surface area contributed by atoms with E-state index in [1.165, 1.54) is 48.0 Å². The van der Waals surface area contributed by atoms with Gasteiger partial charge in [0, 0.05) is 0 Å². The summed E-state index contributed by atoms with van der Waals surface area (Å²) >= 11 is 0. The van der Waals surface area contributed by atoms with Crippen molar-refractivity contribution < 1.29 is 9.47 Å². The lowest BCUT2D eigenvalue weighted by Crippen LogP contribution is -2.13. The second-order valence-electron chi connectivity index (χ2n) is 11.3. The molecule has 2 fully saturated rings. The third-order valence-electron chi connectivity index (χ3n) is 7.18. The van der Waals surface area contributed by atoms with Crippen LogP contribution in [-0.4, -0.2) is 23.4 Å². The Kier molecular flexibility index (Phi) is 10.5. The van der Waals surface area contributed by atoms with Crippen molar-refractivity contribution in [3.63, 3.8) is 0 Å². The number of unbranched alkanes of at least 4 members (excludes halogenated alkanes) is 1. The van der Waals surface area contributed by atoms with Gasteiger partial charge in [0.15, 0.2) is 0 Å². The molecule has 0 N–H and O–H groups in total. The van der Waals surface area contributed by atoms with Gasteiger partial charge in [0.25, 0.3) is 0 Å². The summed E-state index contributed by atoms with van der Waals surface area (Å²) < 4.78 is 11.8. The van der Waals surface area contributed by atoms with Crippen molar-refractivity contribution in [2.24, 2.45) is 0 Å². The lowest BCUT2D eigenvalue weighted by molar-refractivity contribution is 0.274. The molecule has 3 unspecified atom stereocenters. The average molecular weight is 443 g/mol. The molecule has 0 aromatic rings. The standard InChI is InChI=1S/C30H50O2/c1-23(2)13-11-16-25(4)18-12-17-24(3)14-9-10-15-26(5)19-20-28-30(8,32-28)22-21-27-29(6,7)31-27/h13-15,18,27-28H,9-12,16-17,19-22H2,1-8H3/b24-14+,25-18+,26-15+. The van der Waals surface area contributed by atoms with E-state index in [-0.39, 0.29) is 11.2 Å². The van der Waals surface area contributed by atoms with E-state index in [2.05, 4.69) is 79.7 Å². The molecule has 0 amide bonds. The average Bonchev–Trinajstić information content (AvgIpc) is 3.55. The molecule has 0 spiro atoms. The van der Waals surface area contributed by atoms with Crippen molar-refractivity contribution in [1.82, 2.24) is 0 Å². The quantitative estimate of drug-likeness (QED) is 0.143. The van der Waals surface area contributed by atoms with Gasteiger partial charge in [-0.2, -0.15) is 0 Å². The Morgan fingerprint density at radius 3 is 1.66 bits per heavy atom. The second-order valence-corrected chi connectivity index (χ2v) is 11.3. The Morgan fingerprint density at radius 1 is 0.625 bits per heavy atom. The Balaban J connectivity index is 1.54. The Bertz CT molecular complexity index is 717. The molecular weight excluding hydrogens is 392 g/mol. The molecular formula is C30H50O2. The molecule has 2 rings (SSSR count). The molecule has 182 valence electrons. The van der Waals surface area contributed by atoms with Crippen LogP contribution in [0.5, 0.6) is 0 Å². The summed E-state index contributed by atoms with van der Waals surface area (Å²) in [5.41, 5.74) is 6.18. The van der Waals surface area contributed by atoms with Crippen molar-refractivity contribution in [3.8, 4) is 0 Å². The minimum absolute atomic E-state index is 0.0978. The van der Waals surface area contributed by atoms with Gasteiger partial charge in [0.05, 0.1) is 23.4 Å². The summed E-state index contributed by atoms with van der Waals surface area (Å²) in [6.45, 7) is 17.8. The lowest BCUT2D eigenvalue weighted by Gasteiger charge is -2.06. The molecule has 2 heteroatoms. The largest absolute Gasteiger partial charge is 0.367 e. The van der Waals surface area contributed by atoms with Crippen LogP contribution in [0.4, 0.5) is 0 Å². The highest BCUT2D eigenvalue weighted by Crippen LogP contribution is 2.47. The molecule has 0 bridgehead atoms. The van der Waals surface area contributed by atoms with Gasteiger partial charge in [-0.1, -0.05) is 46.6 Å². The van der Waals surface area contributed by atoms with Gasteiger partial charge < -0.3 is 9.47 Å². The summed E-state index contributed by atoms with van der Waals surface area (Å²) in [7, 11) is 0. The maximum absolute atomic E-state index is 6.04. The molecule has 2 aliphatic rings. The van der Waals surface area contributed by atoms with Crippen LogP contribution in [0.1, 0.15) is 120 Å². The summed E-state index contributed by atoms with van der Waals surface area (Å²) in [5.74, 6) is 0. The molecule has 0 radical (unpaired) electrons. The van der Waals surface area contributed by atoms with Crippen molar-refractivity contribution in [1.29, 1.82) is 0 Å². The molecule has 0 aromatic carbocycles. The Morgan fingerprint density at radius 2 is 1.12 bits per heavy atom. The third kappa shape index (κ3) is 10.2. The van der Waals surface area contributed by atoms with E-state index >= 15 is 0 Å². The van der Waals surface area contributed by atoms with Crippen LogP contribution in [0, 0.1) is 0 Å². The van der Waals surface area contributed by atoms with Gasteiger partial charge in [-0.15, -0.1) is 0 Å². The van der Waals surface area contributed by atoms with Crippen LogP contribution in [0.25, 0.3) is 0 Å². The van der Waals surface area contributed by atoms with Gasteiger partial charge in [0.1, 0.15) is 0 Å². The first-order valence-electron chi connectivity index (χ1n) is 13.0. The first kappa shape index (κ1) is 27.1. The highest BCUT2D eigenvalue weighted by Gasteiger charge is 2.54.